The Labute approximate surface area is 270 Å². The quantitative estimate of drug-likeness (QED) is 0.203. The van der Waals surface area contributed by atoms with Gasteiger partial charge in [0.25, 0.3) is 0 Å². The summed E-state index contributed by atoms with van der Waals surface area (Å²) in [7, 11) is 0. The Bertz CT molecular complexity index is 2860. The van der Waals surface area contributed by atoms with E-state index < -0.39 is 0 Å². The Hall–Kier alpha value is -6.39. The second-order valence-electron chi connectivity index (χ2n) is 12.1. The van der Waals surface area contributed by atoms with E-state index in [1.54, 1.807) is 0 Å². The van der Waals surface area contributed by atoms with Crippen molar-refractivity contribution in [3.05, 3.63) is 158 Å². The summed E-state index contributed by atoms with van der Waals surface area (Å²) in [5, 5.41) is 9.15. The number of para-hydroxylation sites is 2. The third kappa shape index (κ3) is 3.98. The van der Waals surface area contributed by atoms with E-state index in [9.17, 15) is 0 Å². The molecule has 0 saturated carbocycles. The van der Waals surface area contributed by atoms with Gasteiger partial charge >= 0.3 is 0 Å². The number of benzene rings is 6. The van der Waals surface area contributed by atoms with Crippen molar-refractivity contribution in [2.24, 2.45) is 0 Å². The van der Waals surface area contributed by atoms with Gasteiger partial charge < -0.3 is 0 Å². The normalized spacial score (nSPS) is 11.8. The molecule has 4 nitrogen and oxygen atoms in total. The fraction of sp³-hybridized carbons (Fsp3) is 0. The lowest BCUT2D eigenvalue weighted by Gasteiger charge is -2.13. The van der Waals surface area contributed by atoms with Crippen LogP contribution < -0.4 is 0 Å². The van der Waals surface area contributed by atoms with Crippen molar-refractivity contribution in [1.82, 2.24) is 19.5 Å². The number of rotatable bonds is 3. The summed E-state index contributed by atoms with van der Waals surface area (Å²) in [5.74, 6) is 0.918. The van der Waals surface area contributed by atoms with Gasteiger partial charge in [-0.2, -0.15) is 0 Å². The topological polar surface area (TPSA) is 43.6 Å². The molecule has 6 aromatic carbocycles. The molecule has 0 unspecified atom stereocenters. The van der Waals surface area contributed by atoms with Gasteiger partial charge in [0.15, 0.2) is 0 Å². The molecule has 0 atom stereocenters. The molecule has 218 valence electrons. The van der Waals surface area contributed by atoms with Gasteiger partial charge in [-0.3, -0.25) is 4.57 Å². The van der Waals surface area contributed by atoms with Crippen LogP contribution in [0.3, 0.4) is 0 Å². The van der Waals surface area contributed by atoms with Crippen LogP contribution in [-0.2, 0) is 0 Å². The van der Waals surface area contributed by atoms with Gasteiger partial charge in [-0.15, -0.1) is 0 Å². The maximum Gasteiger partial charge on any atom is 0.145 e. The summed E-state index contributed by atoms with van der Waals surface area (Å²) in [6.07, 6.45) is 1.91. The zero-order valence-corrected chi connectivity index (χ0v) is 25.3. The number of pyridine rings is 3. The first-order valence-corrected chi connectivity index (χ1v) is 15.9. The lowest BCUT2D eigenvalue weighted by atomic mass is 9.97. The molecule has 4 aromatic heterocycles. The van der Waals surface area contributed by atoms with Crippen molar-refractivity contribution in [2.75, 3.05) is 0 Å². The monoisotopic (exact) mass is 598 g/mol. The molecule has 0 saturated heterocycles. The summed E-state index contributed by atoms with van der Waals surface area (Å²) in [6, 6.07) is 53.5. The summed E-state index contributed by atoms with van der Waals surface area (Å²) in [5.41, 5.74) is 8.30. The van der Waals surface area contributed by atoms with Gasteiger partial charge in [-0.25, -0.2) is 15.0 Å². The molecule has 0 N–H and O–H groups in total. The summed E-state index contributed by atoms with van der Waals surface area (Å²) >= 11 is 0. The Kier molecular flexibility index (Phi) is 5.54. The van der Waals surface area contributed by atoms with Crippen LogP contribution in [0.1, 0.15) is 0 Å². The van der Waals surface area contributed by atoms with Crippen molar-refractivity contribution in [1.29, 1.82) is 0 Å². The first-order valence-electron chi connectivity index (χ1n) is 15.9. The van der Waals surface area contributed by atoms with Crippen LogP contribution in [0.25, 0.3) is 93.5 Å². The minimum absolute atomic E-state index is 0.918. The third-order valence-electron chi connectivity index (χ3n) is 9.40. The van der Waals surface area contributed by atoms with Gasteiger partial charge in [0.05, 0.1) is 33.5 Å². The fourth-order valence-electron chi connectivity index (χ4n) is 7.19. The SMILES string of the molecule is c1ccc2nc(-c3ccc4c(c3)c3cc(-c5ccc6ccccc6n5)c5ccccc5c3n4-c3nccc4ccccc34)ccc2c1. The minimum Gasteiger partial charge on any atom is -0.293 e. The molecule has 0 fully saturated rings. The standard InChI is InChI=1S/C43H26N4/c1-4-12-31-27(9-1)23-24-44-43(31)47-41-22-19-30(39-20-17-28-10-2-7-15-37(28)45-39)25-35(41)36-26-34(32-13-5-6-14-33(32)42(36)47)40-21-18-29-11-3-8-16-38(29)46-40/h1-26H. The van der Waals surface area contributed by atoms with Crippen LogP contribution in [0.4, 0.5) is 0 Å². The van der Waals surface area contributed by atoms with Crippen molar-refractivity contribution in [3.8, 4) is 28.3 Å². The molecular weight excluding hydrogens is 573 g/mol. The fourth-order valence-corrected chi connectivity index (χ4v) is 7.19. The lowest BCUT2D eigenvalue weighted by Crippen LogP contribution is -1.99. The molecule has 0 amide bonds. The summed E-state index contributed by atoms with van der Waals surface area (Å²) in [4.78, 5) is 15.2. The maximum absolute atomic E-state index is 5.15. The second kappa shape index (κ2) is 10.1. The Morgan fingerprint density at radius 3 is 1.85 bits per heavy atom. The van der Waals surface area contributed by atoms with Gasteiger partial charge in [0, 0.05) is 49.6 Å². The van der Waals surface area contributed by atoms with Gasteiger partial charge in [0.1, 0.15) is 5.82 Å². The minimum atomic E-state index is 0.918. The number of aromatic nitrogens is 4. The molecule has 10 rings (SSSR count). The molecule has 0 aliphatic heterocycles. The molecule has 0 spiro atoms. The van der Waals surface area contributed by atoms with E-state index in [-0.39, 0.29) is 0 Å². The van der Waals surface area contributed by atoms with Crippen LogP contribution in [-0.4, -0.2) is 19.5 Å². The average molecular weight is 599 g/mol. The van der Waals surface area contributed by atoms with Crippen molar-refractivity contribution in [3.63, 3.8) is 0 Å². The Morgan fingerprint density at radius 1 is 0.426 bits per heavy atom. The van der Waals surface area contributed by atoms with Crippen LogP contribution in [0.2, 0.25) is 0 Å². The molecule has 0 bridgehead atoms. The second-order valence-corrected chi connectivity index (χ2v) is 12.1. The molecular formula is C43H26N4. The highest BCUT2D eigenvalue weighted by molar-refractivity contribution is 6.22. The molecule has 4 heterocycles. The van der Waals surface area contributed by atoms with Crippen LogP contribution in [0, 0.1) is 0 Å². The van der Waals surface area contributed by atoms with Gasteiger partial charge in [-0.05, 0) is 59.3 Å². The summed E-state index contributed by atoms with van der Waals surface area (Å²) < 4.78 is 2.35. The lowest BCUT2D eigenvalue weighted by molar-refractivity contribution is 1.10. The molecule has 0 radical (unpaired) electrons. The number of fused-ring (bicyclic) bond motifs is 8. The largest absolute Gasteiger partial charge is 0.293 e. The van der Waals surface area contributed by atoms with Crippen molar-refractivity contribution >= 4 is 65.2 Å². The first-order chi connectivity index (χ1) is 23.3. The highest BCUT2D eigenvalue weighted by atomic mass is 15.1. The van der Waals surface area contributed by atoms with E-state index in [0.29, 0.717) is 0 Å². The molecule has 10 aromatic rings. The average Bonchev–Trinajstić information content (AvgIpc) is 3.47. The van der Waals surface area contributed by atoms with Crippen LogP contribution >= 0.6 is 0 Å². The van der Waals surface area contributed by atoms with Crippen molar-refractivity contribution < 1.29 is 0 Å². The number of nitrogens with zero attached hydrogens (tertiary/aromatic N) is 4. The predicted molar refractivity (Wildman–Crippen MR) is 195 cm³/mol. The molecule has 47 heavy (non-hydrogen) atoms. The Balaban J connectivity index is 1.34. The van der Waals surface area contributed by atoms with E-state index in [1.165, 1.54) is 0 Å². The van der Waals surface area contributed by atoms with Gasteiger partial charge in [0.2, 0.25) is 0 Å². The van der Waals surface area contributed by atoms with Crippen molar-refractivity contribution in [2.45, 2.75) is 0 Å². The highest BCUT2D eigenvalue weighted by Gasteiger charge is 2.21. The molecule has 0 aliphatic carbocycles. The van der Waals surface area contributed by atoms with Crippen LogP contribution in [0.15, 0.2) is 158 Å². The van der Waals surface area contributed by atoms with Gasteiger partial charge in [-0.1, -0.05) is 103 Å². The smallest absolute Gasteiger partial charge is 0.145 e. The maximum atomic E-state index is 5.15. The van der Waals surface area contributed by atoms with Crippen LogP contribution in [0.5, 0.6) is 0 Å². The highest BCUT2D eigenvalue weighted by Crippen LogP contribution is 2.42. The zero-order chi connectivity index (χ0) is 30.9. The Morgan fingerprint density at radius 2 is 1.06 bits per heavy atom. The molecule has 0 aliphatic rings. The van der Waals surface area contributed by atoms with E-state index in [0.717, 1.165) is 93.5 Å². The first kappa shape index (κ1) is 25.9. The third-order valence-corrected chi connectivity index (χ3v) is 9.40. The van der Waals surface area contributed by atoms with E-state index >= 15 is 0 Å². The number of hydrogen-bond acceptors (Lipinski definition) is 3. The van der Waals surface area contributed by atoms with E-state index in [1.807, 2.05) is 18.3 Å². The van der Waals surface area contributed by atoms with E-state index in [4.69, 9.17) is 15.0 Å². The predicted octanol–water partition coefficient (Wildman–Crippen LogP) is 10.9. The molecule has 4 heteroatoms. The zero-order valence-electron chi connectivity index (χ0n) is 25.3. The summed E-state index contributed by atoms with van der Waals surface area (Å²) in [6.45, 7) is 0. The van der Waals surface area contributed by atoms with E-state index in [2.05, 4.69) is 144 Å². The number of hydrogen-bond donors (Lipinski definition) is 0.